The maximum atomic E-state index is 12.3. The lowest BCUT2D eigenvalue weighted by Crippen LogP contribution is -2.20. The smallest absolute Gasteiger partial charge is 0.526 e. The van der Waals surface area contributed by atoms with Crippen molar-refractivity contribution in [2.45, 2.75) is 12.4 Å². The average Bonchev–Trinajstić information content (AvgIpc) is 2.58. The Morgan fingerprint density at radius 2 is 0.926 bits per heavy atom. The van der Waals surface area contributed by atoms with E-state index in [9.17, 15) is 26.3 Å². The molecule has 0 amide bonds. The lowest BCUT2D eigenvalue weighted by Gasteiger charge is -2.15. The summed E-state index contributed by atoms with van der Waals surface area (Å²) in [5, 5.41) is 0. The van der Waals surface area contributed by atoms with Crippen molar-refractivity contribution in [3.63, 3.8) is 0 Å². The molecule has 0 spiro atoms. The van der Waals surface area contributed by atoms with Crippen molar-refractivity contribution in [3.05, 3.63) is 48.5 Å². The Labute approximate surface area is 150 Å². The average molecular weight is 394 g/mol. The Hall–Kier alpha value is -2.72. The summed E-state index contributed by atoms with van der Waals surface area (Å²) < 4.78 is 93.3. The molecule has 0 heterocycles. The van der Waals surface area contributed by atoms with Gasteiger partial charge in [0.1, 0.15) is 11.5 Å². The van der Waals surface area contributed by atoms with Crippen LogP contribution in [-0.2, 0) is 0 Å². The number of alkyl halides is 6. The third-order valence-electron chi connectivity index (χ3n) is 2.91. The van der Waals surface area contributed by atoms with E-state index < -0.39 is 33.3 Å². The van der Waals surface area contributed by atoms with Gasteiger partial charge in [-0.15, -0.1) is 0 Å². The minimum absolute atomic E-state index is 0.0181. The normalized spacial score (nSPS) is 11.6. The molecule has 0 aliphatic heterocycles. The van der Waals surface area contributed by atoms with E-state index in [1.807, 2.05) is 0 Å². The van der Waals surface area contributed by atoms with E-state index in [1.54, 1.807) is 0 Å². The number of halogens is 6. The van der Waals surface area contributed by atoms with Crippen molar-refractivity contribution >= 4 is 7.69 Å². The van der Waals surface area contributed by atoms with E-state index in [0.29, 0.717) is 0 Å². The van der Waals surface area contributed by atoms with Gasteiger partial charge in [-0.05, 0) is 24.3 Å². The standard InChI is InChI=1S/C16H13BF6O4/c18-15(19,20)9-24-11-5-1-3-7-13(11)26-17-27-14-8-4-2-6-12(14)25-10-16(21,22)23/h1-8,17H,9-10H2. The second-order valence-corrected chi connectivity index (χ2v) is 5.11. The summed E-state index contributed by atoms with van der Waals surface area (Å²) in [5.41, 5.74) is 0. The van der Waals surface area contributed by atoms with Crippen molar-refractivity contribution in [1.29, 1.82) is 0 Å². The zero-order chi connectivity index (χ0) is 19.9. The molecule has 0 aromatic heterocycles. The van der Waals surface area contributed by atoms with Gasteiger partial charge in [0.2, 0.25) is 0 Å². The molecule has 0 bridgehead atoms. The highest BCUT2D eigenvalue weighted by molar-refractivity contribution is 6.21. The fourth-order valence-corrected chi connectivity index (χ4v) is 1.85. The van der Waals surface area contributed by atoms with E-state index in [1.165, 1.54) is 48.5 Å². The number of ether oxygens (including phenoxy) is 2. The van der Waals surface area contributed by atoms with Crippen LogP contribution in [0.15, 0.2) is 48.5 Å². The highest BCUT2D eigenvalue weighted by Crippen LogP contribution is 2.30. The Morgan fingerprint density at radius 1 is 0.593 bits per heavy atom. The van der Waals surface area contributed by atoms with Crippen LogP contribution < -0.4 is 18.8 Å². The van der Waals surface area contributed by atoms with Gasteiger partial charge < -0.3 is 18.8 Å². The van der Waals surface area contributed by atoms with E-state index in [-0.39, 0.29) is 23.0 Å². The fraction of sp³-hybridized carbons (Fsp3) is 0.250. The molecule has 2 aromatic carbocycles. The maximum Gasteiger partial charge on any atom is 0.576 e. The number of benzene rings is 2. The first kappa shape index (κ1) is 20.6. The van der Waals surface area contributed by atoms with Gasteiger partial charge in [0.05, 0.1) is 0 Å². The monoisotopic (exact) mass is 394 g/mol. The largest absolute Gasteiger partial charge is 0.576 e. The maximum absolute atomic E-state index is 12.3. The Balaban J connectivity index is 1.95. The lowest BCUT2D eigenvalue weighted by molar-refractivity contribution is -0.154. The molecule has 0 saturated heterocycles. The summed E-state index contributed by atoms with van der Waals surface area (Å²) in [6.45, 7) is -3.00. The van der Waals surface area contributed by atoms with Gasteiger partial charge in [-0.25, -0.2) is 0 Å². The summed E-state index contributed by atoms with van der Waals surface area (Å²) >= 11 is 0. The zero-order valence-electron chi connectivity index (χ0n) is 13.6. The zero-order valence-corrected chi connectivity index (χ0v) is 13.6. The molecule has 0 radical (unpaired) electrons. The number of hydrogen-bond acceptors (Lipinski definition) is 4. The van der Waals surface area contributed by atoms with Crippen LogP contribution in [0.5, 0.6) is 23.0 Å². The molecule has 0 atom stereocenters. The van der Waals surface area contributed by atoms with Gasteiger partial charge in [-0.2, -0.15) is 26.3 Å². The van der Waals surface area contributed by atoms with Crippen LogP contribution in [-0.4, -0.2) is 33.3 Å². The lowest BCUT2D eigenvalue weighted by atomic mass is 10.2. The molecule has 2 aromatic rings. The van der Waals surface area contributed by atoms with Crippen LogP contribution in [0.1, 0.15) is 0 Å². The van der Waals surface area contributed by atoms with E-state index >= 15 is 0 Å². The molecule has 27 heavy (non-hydrogen) atoms. The molecule has 0 N–H and O–H groups in total. The third-order valence-corrected chi connectivity index (χ3v) is 2.91. The molecular weight excluding hydrogens is 381 g/mol. The van der Waals surface area contributed by atoms with Gasteiger partial charge in [-0.3, -0.25) is 0 Å². The third kappa shape index (κ3) is 7.59. The minimum Gasteiger partial charge on any atom is -0.526 e. The second-order valence-electron chi connectivity index (χ2n) is 5.11. The molecule has 4 nitrogen and oxygen atoms in total. The van der Waals surface area contributed by atoms with Crippen LogP contribution in [0, 0.1) is 0 Å². The molecule has 2 rings (SSSR count). The fourth-order valence-electron chi connectivity index (χ4n) is 1.85. The van der Waals surface area contributed by atoms with Crippen LogP contribution in [0.25, 0.3) is 0 Å². The predicted molar refractivity (Wildman–Crippen MR) is 84.4 cm³/mol. The molecular formula is C16H13BF6O4. The van der Waals surface area contributed by atoms with Gasteiger partial charge in [0.25, 0.3) is 0 Å². The first-order chi connectivity index (χ1) is 12.6. The molecule has 146 valence electrons. The van der Waals surface area contributed by atoms with Gasteiger partial charge in [0, 0.05) is 0 Å². The van der Waals surface area contributed by atoms with E-state index in [4.69, 9.17) is 9.31 Å². The van der Waals surface area contributed by atoms with Crippen molar-refractivity contribution in [3.8, 4) is 23.0 Å². The number of para-hydroxylation sites is 4. The quantitative estimate of drug-likeness (QED) is 0.495. The molecule has 0 aliphatic carbocycles. The summed E-state index contributed by atoms with van der Waals surface area (Å²) in [4.78, 5) is 0. The summed E-state index contributed by atoms with van der Waals surface area (Å²) in [7, 11) is -0.487. The highest BCUT2D eigenvalue weighted by atomic mass is 19.4. The summed E-state index contributed by atoms with van der Waals surface area (Å²) in [6, 6.07) is 11.2. The van der Waals surface area contributed by atoms with Gasteiger partial charge >= 0.3 is 20.0 Å². The summed E-state index contributed by atoms with van der Waals surface area (Å²) in [6.07, 6.45) is -9.03. The second kappa shape index (κ2) is 8.78. The SMILES string of the molecule is FC(F)(F)COc1ccccc1OBOc1ccccc1OCC(F)(F)F. The molecule has 0 unspecified atom stereocenters. The Kier molecular flexibility index (Phi) is 6.70. The Bertz CT molecular complexity index is 674. The van der Waals surface area contributed by atoms with Crippen molar-refractivity contribution in [2.75, 3.05) is 13.2 Å². The van der Waals surface area contributed by atoms with Crippen molar-refractivity contribution < 1.29 is 45.1 Å². The topological polar surface area (TPSA) is 36.9 Å². The van der Waals surface area contributed by atoms with E-state index in [2.05, 4.69) is 9.47 Å². The minimum atomic E-state index is -4.52. The van der Waals surface area contributed by atoms with Gasteiger partial charge in [-0.1, -0.05) is 24.3 Å². The number of rotatable bonds is 8. The van der Waals surface area contributed by atoms with Crippen LogP contribution in [0.3, 0.4) is 0 Å². The van der Waals surface area contributed by atoms with Crippen LogP contribution in [0.2, 0.25) is 0 Å². The molecule has 11 heteroatoms. The molecule has 0 aliphatic rings. The van der Waals surface area contributed by atoms with Crippen molar-refractivity contribution in [2.24, 2.45) is 0 Å². The predicted octanol–water partition coefficient (Wildman–Crippen LogP) is 4.29. The Morgan fingerprint density at radius 3 is 1.26 bits per heavy atom. The molecule has 0 fully saturated rings. The first-order valence-electron chi connectivity index (χ1n) is 7.47. The van der Waals surface area contributed by atoms with Crippen LogP contribution >= 0.6 is 0 Å². The van der Waals surface area contributed by atoms with E-state index in [0.717, 1.165) is 0 Å². The summed E-state index contributed by atoms with van der Waals surface area (Å²) in [5.74, 6) is -0.342. The van der Waals surface area contributed by atoms with Gasteiger partial charge in [0.15, 0.2) is 24.7 Å². The molecule has 0 saturated carbocycles. The number of hydrogen-bond donors (Lipinski definition) is 0. The first-order valence-corrected chi connectivity index (χ1v) is 7.47. The highest BCUT2D eigenvalue weighted by Gasteiger charge is 2.29. The van der Waals surface area contributed by atoms with Crippen molar-refractivity contribution in [1.82, 2.24) is 0 Å². The van der Waals surface area contributed by atoms with Crippen LogP contribution in [0.4, 0.5) is 26.3 Å².